The van der Waals surface area contributed by atoms with Gasteiger partial charge in [-0.1, -0.05) is 48.5 Å². The zero-order valence-electron chi connectivity index (χ0n) is 39.3. The quantitative estimate of drug-likeness (QED) is 0.0208. The lowest BCUT2D eigenvalue weighted by Gasteiger charge is -2.34. The van der Waals surface area contributed by atoms with Gasteiger partial charge < -0.3 is 78.7 Å². The van der Waals surface area contributed by atoms with Crippen LogP contribution in [0.5, 0.6) is 0 Å². The molecule has 0 rings (SSSR count). The van der Waals surface area contributed by atoms with Crippen LogP contribution < -0.4 is 59.7 Å². The molecule has 14 N–H and O–H groups in total. The van der Waals surface area contributed by atoms with Crippen molar-refractivity contribution in [2.24, 2.45) is 17.2 Å². The smallest absolute Gasteiger partial charge is 0.257 e. The molecule has 0 saturated carbocycles. The zero-order valence-corrected chi connectivity index (χ0v) is 41.8. The molecule has 0 aromatic rings. The van der Waals surface area contributed by atoms with Crippen molar-refractivity contribution in [1.82, 2.24) is 42.5 Å². The Labute approximate surface area is 403 Å². The minimum absolute atomic E-state index is 0.0853. The average Bonchev–Trinajstić information content (AvgIpc) is 3.24. The van der Waals surface area contributed by atoms with Gasteiger partial charge in [-0.3, -0.25) is 47.9 Å². The van der Waals surface area contributed by atoms with Gasteiger partial charge in [-0.05, 0) is 6.42 Å². The summed E-state index contributed by atoms with van der Waals surface area (Å²) in [5, 5.41) is 18.8. The van der Waals surface area contributed by atoms with Crippen molar-refractivity contribution >= 4 is 94.4 Å². The van der Waals surface area contributed by atoms with E-state index in [2.05, 4.69) is 42.5 Å². The van der Waals surface area contributed by atoms with Crippen LogP contribution in [0.1, 0.15) is 54.9 Å². The Kier molecular flexibility index (Phi) is 31.7. The Morgan fingerprint density at radius 3 is 1.63 bits per heavy atom. The van der Waals surface area contributed by atoms with E-state index < -0.39 is 99.7 Å². The first-order valence-electron chi connectivity index (χ1n) is 21.1. The lowest BCUT2D eigenvalue weighted by molar-refractivity contribution is -0.132. The molecular weight excluding hydrogens is 943 g/mol. The second kappa shape index (κ2) is 33.9. The molecule has 10 amide bonds. The summed E-state index contributed by atoms with van der Waals surface area (Å²) in [6.45, 7) is 11.6. The Morgan fingerprint density at radius 1 is 0.552 bits per heavy atom. The SMILES string of the molecule is CCC(NC(=O)CNC(=O)CNC(=O)C(CSC(C)(C)C)NC(=O)CN)(SCC(=O)NCCOCCOCCOCCNC(=O)COCC(N)=O)C(=O)NC(SC(C)(C)C)C(=O)NCC(N)=O. The fourth-order valence-corrected chi connectivity index (χ4v) is 7.71. The molecule has 0 aliphatic carbocycles. The summed E-state index contributed by atoms with van der Waals surface area (Å²) < 4.78 is 20.2. The second-order valence-corrected chi connectivity index (χ2v) is 21.1. The van der Waals surface area contributed by atoms with Crippen LogP contribution in [0.15, 0.2) is 0 Å². The van der Waals surface area contributed by atoms with E-state index in [1.165, 1.54) is 11.8 Å². The maximum Gasteiger partial charge on any atom is 0.257 e. The predicted octanol–water partition coefficient (Wildman–Crippen LogP) is -4.49. The first kappa shape index (κ1) is 62.5. The van der Waals surface area contributed by atoms with Gasteiger partial charge in [0.1, 0.15) is 19.3 Å². The summed E-state index contributed by atoms with van der Waals surface area (Å²) in [6, 6.07) is -0.996. The number of ether oxygens (including phenoxy) is 4. The van der Waals surface area contributed by atoms with E-state index in [0.29, 0.717) is 0 Å². The van der Waals surface area contributed by atoms with Crippen LogP contribution in [0, 0.1) is 0 Å². The molecule has 0 spiro atoms. The fraction of sp³-hybridized carbons (Fsp3) is 0.744. The highest BCUT2D eigenvalue weighted by Crippen LogP contribution is 2.31. The largest absolute Gasteiger partial charge is 0.377 e. The first-order valence-corrected chi connectivity index (χ1v) is 24.0. The van der Waals surface area contributed by atoms with Crippen LogP contribution in [0.3, 0.4) is 0 Å². The highest BCUT2D eigenvalue weighted by molar-refractivity contribution is 8.02. The fourth-order valence-electron chi connectivity index (χ4n) is 4.69. The molecule has 0 aliphatic heterocycles. The van der Waals surface area contributed by atoms with Crippen LogP contribution >= 0.6 is 35.3 Å². The summed E-state index contributed by atoms with van der Waals surface area (Å²) >= 11 is 3.21. The van der Waals surface area contributed by atoms with Gasteiger partial charge in [0.25, 0.3) is 11.8 Å². The lowest BCUT2D eigenvalue weighted by atomic mass is 10.2. The molecule has 3 unspecified atom stereocenters. The van der Waals surface area contributed by atoms with Crippen LogP contribution in [0.4, 0.5) is 0 Å². The van der Waals surface area contributed by atoms with Crippen molar-refractivity contribution in [3.05, 3.63) is 0 Å². The molecule has 384 valence electrons. The van der Waals surface area contributed by atoms with Crippen molar-refractivity contribution in [2.45, 2.75) is 80.7 Å². The van der Waals surface area contributed by atoms with Crippen LogP contribution in [-0.2, 0) is 66.9 Å². The minimum atomic E-state index is -1.87. The van der Waals surface area contributed by atoms with Gasteiger partial charge in [-0.2, -0.15) is 11.8 Å². The highest BCUT2D eigenvalue weighted by Gasteiger charge is 2.42. The molecule has 0 heterocycles. The average molecular weight is 1010 g/mol. The van der Waals surface area contributed by atoms with Gasteiger partial charge in [0, 0.05) is 28.3 Å². The Balaban J connectivity index is 5.42. The third-order valence-electron chi connectivity index (χ3n) is 7.81. The number of thioether (sulfide) groups is 3. The molecule has 0 bridgehead atoms. The highest BCUT2D eigenvalue weighted by atomic mass is 32.2. The summed E-state index contributed by atoms with van der Waals surface area (Å²) in [4.78, 5) is 123. The number of hydrogen-bond acceptors (Lipinski definition) is 18. The third-order valence-corrected chi connectivity index (χ3v) is 11.9. The number of rotatable bonds is 36. The number of amides is 10. The number of primary amides is 2. The number of nitrogens with one attached hydrogen (secondary N) is 8. The molecular formula is C39H71N11O14S3. The molecule has 0 aromatic heterocycles. The van der Waals surface area contributed by atoms with Gasteiger partial charge in [0.05, 0.1) is 71.6 Å². The Bertz CT molecular complexity index is 1640. The van der Waals surface area contributed by atoms with Crippen molar-refractivity contribution in [3.8, 4) is 0 Å². The maximum absolute atomic E-state index is 14.1. The minimum Gasteiger partial charge on any atom is -0.377 e. The normalized spacial score (nSPS) is 13.1. The van der Waals surface area contributed by atoms with Crippen molar-refractivity contribution in [3.63, 3.8) is 0 Å². The van der Waals surface area contributed by atoms with Crippen molar-refractivity contribution in [1.29, 1.82) is 0 Å². The van der Waals surface area contributed by atoms with Crippen LogP contribution in [-0.4, -0.2) is 188 Å². The van der Waals surface area contributed by atoms with Crippen LogP contribution in [0.25, 0.3) is 0 Å². The Morgan fingerprint density at radius 2 is 1.10 bits per heavy atom. The summed E-state index contributed by atoms with van der Waals surface area (Å²) in [5.41, 5.74) is 15.5. The summed E-state index contributed by atoms with van der Waals surface area (Å²) in [5.74, 6) is -7.05. The van der Waals surface area contributed by atoms with Gasteiger partial charge in [-0.15, -0.1) is 23.5 Å². The lowest BCUT2D eigenvalue weighted by Crippen LogP contribution is -2.61. The Hall–Kier alpha value is -4.45. The number of carbonyl (C=O) groups is 10. The van der Waals surface area contributed by atoms with Gasteiger partial charge in [0.2, 0.25) is 47.3 Å². The van der Waals surface area contributed by atoms with E-state index in [1.54, 1.807) is 27.7 Å². The number of nitrogens with two attached hydrogens (primary N) is 3. The molecule has 0 aliphatic rings. The summed E-state index contributed by atoms with van der Waals surface area (Å²) in [7, 11) is 0. The first-order chi connectivity index (χ1) is 31.3. The van der Waals surface area contributed by atoms with Gasteiger partial charge in [-0.25, -0.2) is 0 Å². The molecule has 28 heteroatoms. The van der Waals surface area contributed by atoms with E-state index in [1.807, 2.05) is 20.8 Å². The molecule has 25 nitrogen and oxygen atoms in total. The van der Waals surface area contributed by atoms with Crippen molar-refractivity contribution in [2.75, 3.05) is 104 Å². The van der Waals surface area contributed by atoms with Crippen LogP contribution in [0.2, 0.25) is 0 Å². The molecule has 0 fully saturated rings. The molecule has 3 atom stereocenters. The monoisotopic (exact) mass is 1010 g/mol. The second-order valence-electron chi connectivity index (χ2n) is 16.0. The van der Waals surface area contributed by atoms with E-state index in [4.69, 9.17) is 36.1 Å². The van der Waals surface area contributed by atoms with E-state index in [9.17, 15) is 47.9 Å². The predicted molar refractivity (Wildman–Crippen MR) is 253 cm³/mol. The zero-order chi connectivity index (χ0) is 51.1. The topological polar surface area (TPSA) is 382 Å². The van der Waals surface area contributed by atoms with Gasteiger partial charge >= 0.3 is 0 Å². The third kappa shape index (κ3) is 32.8. The summed E-state index contributed by atoms with van der Waals surface area (Å²) in [6.07, 6.45) is -0.107. The van der Waals surface area contributed by atoms with E-state index in [-0.39, 0.29) is 95.2 Å². The maximum atomic E-state index is 14.1. The standard InChI is InChI=1S/C39H71N11O14S3/c1-8-39(36(60)49-35(67-38(5,6)7)34(59)46-18-26(41)51,50-30(55)20-45-29(54)19-47-33(58)25(48-28(53)17-40)23-65-37(2,3)4)66-24-32(57)44-10-12-62-14-16-63-15-13-61-11-9-43-31(56)22-64-21-27(42)52/h25,35H,8-24,40H2,1-7H3,(H2,41,51)(H2,42,52)(H,43,56)(H,44,57)(H,45,54)(H,46,59)(H,47,58)(H,48,53)(H,49,60)(H,50,55). The molecule has 67 heavy (non-hydrogen) atoms. The van der Waals surface area contributed by atoms with E-state index in [0.717, 1.165) is 23.5 Å². The molecule has 0 saturated heterocycles. The number of carbonyl (C=O) groups excluding carboxylic acids is 10. The molecule has 0 aromatic carbocycles. The van der Waals surface area contributed by atoms with E-state index >= 15 is 0 Å². The molecule has 0 radical (unpaired) electrons. The van der Waals surface area contributed by atoms with Crippen molar-refractivity contribution < 1.29 is 66.9 Å². The number of hydrogen-bond donors (Lipinski definition) is 11. The van der Waals surface area contributed by atoms with Gasteiger partial charge in [0.15, 0.2) is 10.2 Å².